The van der Waals surface area contributed by atoms with Gasteiger partial charge in [0.05, 0.1) is 25.4 Å². The average Bonchev–Trinajstić information content (AvgIpc) is 3.39. The molecule has 0 aromatic rings. The number of allylic oxidation sites excluding steroid dienone is 6. The Balaban J connectivity index is 2.27. The van der Waals surface area contributed by atoms with Crippen LogP contribution in [0.3, 0.4) is 0 Å². The predicted molar refractivity (Wildman–Crippen MR) is 302 cm³/mol. The normalized spacial score (nSPS) is 20.2. The summed E-state index contributed by atoms with van der Waals surface area (Å²) in [5.41, 5.74) is 0. The lowest BCUT2D eigenvalue weighted by atomic mass is 9.98. The molecule has 430 valence electrons. The van der Waals surface area contributed by atoms with E-state index in [4.69, 9.17) is 9.47 Å². The van der Waals surface area contributed by atoms with Crippen LogP contribution < -0.4 is 5.32 Å². The highest BCUT2D eigenvalue weighted by molar-refractivity contribution is 5.80. The molecule has 0 aromatic carbocycles. The molecule has 1 aliphatic rings. The summed E-state index contributed by atoms with van der Waals surface area (Å²) in [7, 11) is 0. The highest BCUT2D eigenvalue weighted by Crippen LogP contribution is 2.23. The number of rotatable bonds is 53. The molecule has 8 N–H and O–H groups in total. The first kappa shape index (κ1) is 69.3. The van der Waals surface area contributed by atoms with Gasteiger partial charge in [-0.2, -0.15) is 0 Å². The highest BCUT2D eigenvalue weighted by atomic mass is 16.7. The van der Waals surface area contributed by atoms with Gasteiger partial charge >= 0.3 is 0 Å². The Kier molecular flexibility index (Phi) is 48.5. The molecule has 0 aliphatic carbocycles. The van der Waals surface area contributed by atoms with Crippen LogP contribution in [-0.4, -0.2) is 110 Å². The SMILES string of the molecule is CCCCCCCCCCC/C=C/CC/C=C/CCCC(O)C(O)C(COC1OC(CO)C(O)C(O)C1O)NC(=O)C(O)CCCCCCCCCCCCCC/C=C\CCCCCCCCCCCCCC. The van der Waals surface area contributed by atoms with E-state index in [0.717, 1.165) is 38.5 Å². The molecule has 1 saturated heterocycles. The van der Waals surface area contributed by atoms with Crippen molar-refractivity contribution in [1.82, 2.24) is 5.32 Å². The Morgan fingerprint density at radius 3 is 1.22 bits per heavy atom. The lowest BCUT2D eigenvalue weighted by molar-refractivity contribution is -0.303. The van der Waals surface area contributed by atoms with Crippen molar-refractivity contribution in [2.24, 2.45) is 0 Å². The molecule has 11 nitrogen and oxygen atoms in total. The summed E-state index contributed by atoms with van der Waals surface area (Å²) in [5.74, 6) is -0.708. The Bertz CT molecular complexity index is 1280. The van der Waals surface area contributed by atoms with Crippen LogP contribution in [0.4, 0.5) is 0 Å². The van der Waals surface area contributed by atoms with E-state index in [9.17, 15) is 40.5 Å². The number of aliphatic hydroxyl groups is 7. The maximum Gasteiger partial charge on any atom is 0.249 e. The molecule has 0 aromatic heterocycles. The van der Waals surface area contributed by atoms with Crippen LogP contribution in [0, 0.1) is 0 Å². The number of carbonyl (C=O) groups excluding carboxylic acids is 1. The fourth-order valence-corrected chi connectivity index (χ4v) is 9.87. The maximum atomic E-state index is 13.2. The first-order valence-electron chi connectivity index (χ1n) is 30.9. The van der Waals surface area contributed by atoms with Gasteiger partial charge in [0.1, 0.15) is 36.6 Å². The first-order chi connectivity index (χ1) is 35.7. The van der Waals surface area contributed by atoms with Gasteiger partial charge in [-0.05, 0) is 77.0 Å². The van der Waals surface area contributed by atoms with Gasteiger partial charge < -0.3 is 50.5 Å². The molecular weight excluding hydrogens is 919 g/mol. The third-order valence-corrected chi connectivity index (χ3v) is 14.9. The van der Waals surface area contributed by atoms with Gasteiger partial charge in [0.2, 0.25) is 5.91 Å². The number of aliphatic hydroxyl groups excluding tert-OH is 7. The van der Waals surface area contributed by atoms with Gasteiger partial charge in [0.25, 0.3) is 0 Å². The monoisotopic (exact) mass is 1040 g/mol. The summed E-state index contributed by atoms with van der Waals surface area (Å²) >= 11 is 0. The molecule has 9 atom stereocenters. The van der Waals surface area contributed by atoms with E-state index in [1.165, 1.54) is 199 Å². The van der Waals surface area contributed by atoms with Crippen molar-refractivity contribution in [1.29, 1.82) is 0 Å². The molecule has 1 rings (SSSR count). The average molecular weight is 1040 g/mol. The van der Waals surface area contributed by atoms with Crippen molar-refractivity contribution in [3.05, 3.63) is 36.5 Å². The van der Waals surface area contributed by atoms with Gasteiger partial charge in [-0.25, -0.2) is 0 Å². The third-order valence-electron chi connectivity index (χ3n) is 14.9. The van der Waals surface area contributed by atoms with Crippen molar-refractivity contribution >= 4 is 5.91 Å². The van der Waals surface area contributed by atoms with E-state index in [1.807, 2.05) is 0 Å². The van der Waals surface area contributed by atoms with E-state index in [2.05, 4.69) is 55.6 Å². The van der Waals surface area contributed by atoms with Crippen molar-refractivity contribution in [3.8, 4) is 0 Å². The largest absolute Gasteiger partial charge is 0.394 e. The van der Waals surface area contributed by atoms with Gasteiger partial charge in [-0.3, -0.25) is 4.79 Å². The van der Waals surface area contributed by atoms with Crippen molar-refractivity contribution in [3.63, 3.8) is 0 Å². The predicted octanol–water partition coefficient (Wildman–Crippen LogP) is 13.5. The van der Waals surface area contributed by atoms with E-state index >= 15 is 0 Å². The zero-order valence-corrected chi connectivity index (χ0v) is 47.1. The summed E-state index contributed by atoms with van der Waals surface area (Å²) in [6.45, 7) is 3.46. The minimum atomic E-state index is -1.67. The standard InChI is InChI=1S/C62H117NO10/c1-3-5-7-9-11-13-15-17-19-21-23-24-25-26-27-28-29-30-31-32-34-36-38-40-42-44-46-48-50-55(66)61(71)63-53(52-72-62-60(70)59(69)58(68)56(51-64)73-62)57(67)54(65)49-47-45-43-41-39-37-35-33-22-20-18-16-14-12-10-8-6-4-2/h26-27,33,35,41,43,53-60,62,64-70H,3-25,28-32,34,36-40,42,44-52H2,1-2H3,(H,63,71)/b27-26-,35-33+,43-41+. The molecule has 0 spiro atoms. The number of nitrogens with one attached hydrogen (secondary N) is 1. The molecule has 11 heteroatoms. The Labute approximate surface area is 447 Å². The van der Waals surface area contributed by atoms with Crippen LogP contribution in [0.15, 0.2) is 36.5 Å². The quantitative estimate of drug-likeness (QED) is 0.0215. The van der Waals surface area contributed by atoms with Crippen molar-refractivity contribution in [2.75, 3.05) is 13.2 Å². The van der Waals surface area contributed by atoms with Gasteiger partial charge in [-0.15, -0.1) is 0 Å². The molecule has 1 fully saturated rings. The highest BCUT2D eigenvalue weighted by Gasteiger charge is 2.44. The van der Waals surface area contributed by atoms with Crippen LogP contribution >= 0.6 is 0 Å². The van der Waals surface area contributed by atoms with E-state index in [-0.39, 0.29) is 12.8 Å². The van der Waals surface area contributed by atoms with Crippen molar-refractivity contribution in [2.45, 2.75) is 339 Å². The summed E-state index contributed by atoms with van der Waals surface area (Å²) in [5, 5.41) is 76.2. The molecule has 1 heterocycles. The van der Waals surface area contributed by atoms with E-state index in [0.29, 0.717) is 19.3 Å². The molecule has 0 radical (unpaired) electrons. The van der Waals surface area contributed by atoms with Crippen LogP contribution in [0.2, 0.25) is 0 Å². The fraction of sp³-hybridized carbons (Fsp3) is 0.887. The van der Waals surface area contributed by atoms with E-state index in [1.54, 1.807) is 0 Å². The maximum absolute atomic E-state index is 13.2. The first-order valence-corrected chi connectivity index (χ1v) is 30.9. The van der Waals surface area contributed by atoms with Crippen LogP contribution in [0.5, 0.6) is 0 Å². The lowest BCUT2D eigenvalue weighted by Crippen LogP contribution is -2.60. The second-order valence-electron chi connectivity index (χ2n) is 21.8. The van der Waals surface area contributed by atoms with Crippen LogP contribution in [-0.2, 0) is 14.3 Å². The molecule has 1 amide bonds. The molecule has 1 aliphatic heterocycles. The zero-order chi connectivity index (χ0) is 53.3. The Hall–Kier alpha value is -1.67. The van der Waals surface area contributed by atoms with Crippen LogP contribution in [0.1, 0.15) is 284 Å². The summed E-state index contributed by atoms with van der Waals surface area (Å²) < 4.78 is 11.1. The topological polar surface area (TPSA) is 189 Å². The molecule has 73 heavy (non-hydrogen) atoms. The second-order valence-corrected chi connectivity index (χ2v) is 21.8. The number of ether oxygens (including phenoxy) is 2. The lowest BCUT2D eigenvalue weighted by Gasteiger charge is -2.40. The Morgan fingerprint density at radius 1 is 0.466 bits per heavy atom. The molecule has 9 unspecified atom stereocenters. The number of carbonyl (C=O) groups is 1. The number of hydrogen-bond donors (Lipinski definition) is 8. The molecule has 0 saturated carbocycles. The minimum absolute atomic E-state index is 0.247. The summed E-state index contributed by atoms with van der Waals surface area (Å²) in [4.78, 5) is 13.2. The third kappa shape index (κ3) is 39.4. The van der Waals surface area contributed by atoms with Gasteiger partial charge in [-0.1, -0.05) is 243 Å². The van der Waals surface area contributed by atoms with Crippen LogP contribution in [0.25, 0.3) is 0 Å². The number of amides is 1. The van der Waals surface area contributed by atoms with Gasteiger partial charge in [0, 0.05) is 0 Å². The summed E-state index contributed by atoms with van der Waals surface area (Å²) in [6, 6.07) is -1.19. The molecule has 0 bridgehead atoms. The van der Waals surface area contributed by atoms with Gasteiger partial charge in [0.15, 0.2) is 6.29 Å². The van der Waals surface area contributed by atoms with Crippen molar-refractivity contribution < 1.29 is 50.0 Å². The summed E-state index contributed by atoms with van der Waals surface area (Å²) in [6.07, 6.45) is 52.1. The smallest absolute Gasteiger partial charge is 0.249 e. The fourth-order valence-electron chi connectivity index (χ4n) is 9.87. The molecular formula is C62H117NO10. The van der Waals surface area contributed by atoms with E-state index < -0.39 is 74.2 Å². The number of hydrogen-bond acceptors (Lipinski definition) is 10. The minimum Gasteiger partial charge on any atom is -0.394 e. The second kappa shape index (κ2) is 51.1. The zero-order valence-electron chi connectivity index (χ0n) is 47.1. The Morgan fingerprint density at radius 2 is 0.822 bits per heavy atom. The number of unbranched alkanes of at least 4 members (excludes halogenated alkanes) is 35.